The molecule has 2 aromatic rings. The average Bonchev–Trinajstić information content (AvgIpc) is 2.74. The van der Waals surface area contributed by atoms with Gasteiger partial charge >= 0.3 is 0 Å². The highest BCUT2D eigenvalue weighted by Gasteiger charge is 2.35. The maximum Gasteiger partial charge on any atom is 0.261 e. The van der Waals surface area contributed by atoms with Crippen LogP contribution in [0.2, 0.25) is 0 Å². The van der Waals surface area contributed by atoms with Gasteiger partial charge in [-0.2, -0.15) is 0 Å². The Morgan fingerprint density at radius 3 is 2.20 bits per heavy atom. The topological polar surface area (TPSA) is 75.2 Å². The fourth-order valence-electron chi connectivity index (χ4n) is 2.11. The van der Waals surface area contributed by atoms with Crippen LogP contribution in [0.3, 0.4) is 0 Å². The number of nitrogens with one attached hydrogen (secondary N) is 1. The Morgan fingerprint density at radius 1 is 1.05 bits per heavy atom. The molecule has 0 unspecified atom stereocenters. The monoisotopic (exact) mass is 268 g/mol. The first-order valence-electron chi connectivity index (χ1n) is 6.14. The summed E-state index contributed by atoms with van der Waals surface area (Å²) in [6, 6.07) is 6.81. The smallest absolute Gasteiger partial charge is 0.261 e. The van der Waals surface area contributed by atoms with Gasteiger partial charge in [0.05, 0.1) is 35.8 Å². The second kappa shape index (κ2) is 4.73. The van der Waals surface area contributed by atoms with Crippen molar-refractivity contribution in [2.45, 2.75) is 6.54 Å². The maximum absolute atomic E-state index is 12.2. The van der Waals surface area contributed by atoms with Crippen molar-refractivity contribution >= 4 is 17.6 Å². The zero-order valence-electron chi connectivity index (χ0n) is 10.8. The summed E-state index contributed by atoms with van der Waals surface area (Å²) in [4.78, 5) is 33.8. The first kappa shape index (κ1) is 12.3. The molecule has 2 heterocycles. The lowest BCUT2D eigenvalue weighted by Crippen LogP contribution is -2.29. The number of rotatable bonds is 3. The van der Waals surface area contributed by atoms with Crippen LogP contribution in [0, 0.1) is 0 Å². The number of carbonyl (C=O) groups is 2. The molecule has 1 aromatic heterocycles. The standard InChI is InChI=1S/C14H12N4O2/c1-15-12-7-16-9(6-17-12)8-18-13(19)10-4-2-3-5-11(10)14(18)20/h2-7H,8H2,1H3,(H,15,17). The van der Waals surface area contributed by atoms with Crippen molar-refractivity contribution in [3.05, 3.63) is 53.5 Å². The summed E-state index contributed by atoms with van der Waals surface area (Å²) < 4.78 is 0. The van der Waals surface area contributed by atoms with E-state index in [1.54, 1.807) is 43.7 Å². The molecule has 0 spiro atoms. The van der Waals surface area contributed by atoms with E-state index in [-0.39, 0.29) is 18.4 Å². The van der Waals surface area contributed by atoms with Gasteiger partial charge in [-0.1, -0.05) is 12.1 Å². The summed E-state index contributed by atoms with van der Waals surface area (Å²) in [5, 5.41) is 2.86. The second-order valence-electron chi connectivity index (χ2n) is 4.39. The van der Waals surface area contributed by atoms with Gasteiger partial charge in [0.2, 0.25) is 0 Å². The second-order valence-corrected chi connectivity index (χ2v) is 4.39. The molecular formula is C14H12N4O2. The molecule has 0 bridgehead atoms. The molecule has 1 aliphatic heterocycles. The summed E-state index contributed by atoms with van der Waals surface area (Å²) in [5.74, 6) is 0.0614. The molecule has 6 heteroatoms. The normalized spacial score (nSPS) is 13.6. The number of amides is 2. The molecule has 6 nitrogen and oxygen atoms in total. The molecule has 20 heavy (non-hydrogen) atoms. The van der Waals surface area contributed by atoms with Gasteiger partial charge in [-0.3, -0.25) is 19.5 Å². The van der Waals surface area contributed by atoms with Crippen LogP contribution in [0.4, 0.5) is 5.82 Å². The molecule has 1 N–H and O–H groups in total. The third kappa shape index (κ3) is 1.91. The first-order valence-corrected chi connectivity index (χ1v) is 6.14. The van der Waals surface area contributed by atoms with Gasteiger partial charge in [0.1, 0.15) is 5.82 Å². The van der Waals surface area contributed by atoms with Crippen LogP contribution in [0.15, 0.2) is 36.7 Å². The summed E-state index contributed by atoms with van der Waals surface area (Å²) in [6.45, 7) is 0.128. The fraction of sp³-hybridized carbons (Fsp3) is 0.143. The Labute approximate surface area is 115 Å². The van der Waals surface area contributed by atoms with Gasteiger partial charge in [0.15, 0.2) is 0 Å². The van der Waals surface area contributed by atoms with E-state index in [0.717, 1.165) is 0 Å². The van der Waals surface area contributed by atoms with Crippen molar-refractivity contribution in [3.8, 4) is 0 Å². The zero-order chi connectivity index (χ0) is 14.1. The van der Waals surface area contributed by atoms with Crippen LogP contribution in [0.1, 0.15) is 26.4 Å². The van der Waals surface area contributed by atoms with Gasteiger partial charge < -0.3 is 5.32 Å². The van der Waals surface area contributed by atoms with Crippen LogP contribution in [0.25, 0.3) is 0 Å². The molecule has 0 radical (unpaired) electrons. The van der Waals surface area contributed by atoms with Gasteiger partial charge in [-0.25, -0.2) is 4.98 Å². The first-order chi connectivity index (χ1) is 9.70. The minimum Gasteiger partial charge on any atom is -0.372 e. The molecule has 0 saturated carbocycles. The SMILES string of the molecule is CNc1cnc(CN2C(=O)c3ccccc3C2=O)cn1. The molecule has 3 rings (SSSR count). The number of fused-ring (bicyclic) bond motifs is 1. The third-order valence-electron chi connectivity index (χ3n) is 3.16. The van der Waals surface area contributed by atoms with E-state index < -0.39 is 0 Å². The number of benzene rings is 1. The summed E-state index contributed by atoms with van der Waals surface area (Å²) in [6.07, 6.45) is 3.11. The van der Waals surface area contributed by atoms with Crippen molar-refractivity contribution < 1.29 is 9.59 Å². The number of carbonyl (C=O) groups excluding carboxylic acids is 2. The number of imide groups is 1. The Bertz CT molecular complexity index is 647. The maximum atomic E-state index is 12.2. The molecule has 1 aliphatic rings. The Kier molecular flexibility index (Phi) is 2.90. The van der Waals surface area contributed by atoms with E-state index >= 15 is 0 Å². The van der Waals surface area contributed by atoms with Crippen LogP contribution < -0.4 is 5.32 Å². The summed E-state index contributed by atoms with van der Waals surface area (Å²) in [5.41, 5.74) is 1.45. The van der Waals surface area contributed by atoms with Gasteiger partial charge in [0, 0.05) is 7.05 Å². The predicted octanol–water partition coefficient (Wildman–Crippen LogP) is 1.31. The lowest BCUT2D eigenvalue weighted by Gasteiger charge is -2.12. The number of hydrogen-bond donors (Lipinski definition) is 1. The fourth-order valence-corrected chi connectivity index (χ4v) is 2.11. The van der Waals surface area contributed by atoms with E-state index in [9.17, 15) is 9.59 Å². The van der Waals surface area contributed by atoms with Crippen molar-refractivity contribution in [3.63, 3.8) is 0 Å². The van der Waals surface area contributed by atoms with Gasteiger partial charge in [-0.05, 0) is 12.1 Å². The lowest BCUT2D eigenvalue weighted by atomic mass is 10.1. The Balaban J connectivity index is 1.85. The third-order valence-corrected chi connectivity index (χ3v) is 3.16. The number of aromatic nitrogens is 2. The van der Waals surface area contributed by atoms with Crippen molar-refractivity contribution in [2.75, 3.05) is 12.4 Å². The lowest BCUT2D eigenvalue weighted by molar-refractivity contribution is 0.0640. The molecule has 0 saturated heterocycles. The highest BCUT2D eigenvalue weighted by atomic mass is 16.2. The molecule has 0 aliphatic carbocycles. The van der Waals surface area contributed by atoms with Crippen molar-refractivity contribution in [1.82, 2.24) is 14.9 Å². The highest BCUT2D eigenvalue weighted by Crippen LogP contribution is 2.23. The molecule has 100 valence electrons. The summed E-state index contributed by atoms with van der Waals surface area (Å²) in [7, 11) is 1.74. The average molecular weight is 268 g/mol. The van der Waals surface area contributed by atoms with Crippen molar-refractivity contribution in [1.29, 1.82) is 0 Å². The molecule has 0 atom stereocenters. The largest absolute Gasteiger partial charge is 0.372 e. The molecular weight excluding hydrogens is 256 g/mol. The summed E-state index contributed by atoms with van der Waals surface area (Å²) >= 11 is 0. The Morgan fingerprint density at radius 2 is 1.70 bits per heavy atom. The number of nitrogens with zero attached hydrogens (tertiary/aromatic N) is 3. The number of anilines is 1. The molecule has 0 fully saturated rings. The van der Waals surface area contributed by atoms with Gasteiger partial charge in [0.25, 0.3) is 11.8 Å². The van der Waals surface area contributed by atoms with E-state index in [1.165, 1.54) is 4.90 Å². The van der Waals surface area contributed by atoms with Crippen LogP contribution >= 0.6 is 0 Å². The molecule has 1 aromatic carbocycles. The number of hydrogen-bond acceptors (Lipinski definition) is 5. The Hall–Kier alpha value is -2.76. The molecule has 2 amide bonds. The van der Waals surface area contributed by atoms with Crippen LogP contribution in [-0.4, -0.2) is 33.7 Å². The minimum absolute atomic E-state index is 0.128. The van der Waals surface area contributed by atoms with E-state index in [2.05, 4.69) is 15.3 Å². The van der Waals surface area contributed by atoms with E-state index in [1.807, 2.05) is 0 Å². The van der Waals surface area contributed by atoms with E-state index in [0.29, 0.717) is 22.6 Å². The van der Waals surface area contributed by atoms with Crippen LogP contribution in [0.5, 0.6) is 0 Å². The van der Waals surface area contributed by atoms with Crippen molar-refractivity contribution in [2.24, 2.45) is 0 Å². The highest BCUT2D eigenvalue weighted by molar-refractivity contribution is 6.21. The van der Waals surface area contributed by atoms with Gasteiger partial charge in [-0.15, -0.1) is 0 Å². The minimum atomic E-state index is -0.287. The quantitative estimate of drug-likeness (QED) is 0.849. The van der Waals surface area contributed by atoms with Crippen LogP contribution in [-0.2, 0) is 6.54 Å². The van der Waals surface area contributed by atoms with E-state index in [4.69, 9.17) is 0 Å². The predicted molar refractivity (Wildman–Crippen MR) is 72.2 cm³/mol. The zero-order valence-corrected chi connectivity index (χ0v) is 10.8.